The summed E-state index contributed by atoms with van der Waals surface area (Å²) in [6.45, 7) is 6.49. The Hall–Kier alpha value is -2.63. The zero-order valence-electron chi connectivity index (χ0n) is 19.5. The lowest BCUT2D eigenvalue weighted by Gasteiger charge is -2.39. The van der Waals surface area contributed by atoms with Crippen LogP contribution in [0.5, 0.6) is 5.75 Å². The van der Waals surface area contributed by atoms with E-state index in [0.717, 1.165) is 74.4 Å². The average molecular weight is 447 g/mol. The third kappa shape index (κ3) is 5.31. The summed E-state index contributed by atoms with van der Waals surface area (Å²) in [5, 5.41) is 3.31. The number of hydrogen-bond donors (Lipinski definition) is 1. The van der Waals surface area contributed by atoms with Crippen molar-refractivity contribution in [2.24, 2.45) is 0 Å². The number of likely N-dealkylation sites (tertiary alicyclic amines) is 1. The first-order valence-electron chi connectivity index (χ1n) is 12.3. The molecular weight excluding hydrogens is 412 g/mol. The van der Waals surface area contributed by atoms with Gasteiger partial charge < -0.3 is 19.7 Å². The van der Waals surface area contributed by atoms with Crippen LogP contribution in [0.3, 0.4) is 0 Å². The quantitative estimate of drug-likeness (QED) is 0.747. The molecule has 0 unspecified atom stereocenters. The highest BCUT2D eigenvalue weighted by molar-refractivity contribution is 5.98. The molecule has 0 saturated carbocycles. The molecule has 0 spiro atoms. The van der Waals surface area contributed by atoms with E-state index in [1.165, 1.54) is 11.1 Å². The SMILES string of the molecule is Cc1ccc(-c2ccc3c(c2)C=C(C(=O)NC2CCN(C4CCOCC4)CC2)CCO3)cc1. The Labute approximate surface area is 196 Å². The van der Waals surface area contributed by atoms with Gasteiger partial charge in [0, 0.05) is 55.9 Å². The molecule has 2 fully saturated rings. The van der Waals surface area contributed by atoms with Gasteiger partial charge in [-0.1, -0.05) is 35.9 Å². The van der Waals surface area contributed by atoms with E-state index < -0.39 is 0 Å². The fourth-order valence-electron chi connectivity index (χ4n) is 5.17. The molecule has 1 amide bonds. The largest absolute Gasteiger partial charge is 0.493 e. The van der Waals surface area contributed by atoms with Crippen molar-refractivity contribution in [1.82, 2.24) is 10.2 Å². The van der Waals surface area contributed by atoms with E-state index in [0.29, 0.717) is 19.1 Å². The predicted molar refractivity (Wildman–Crippen MR) is 131 cm³/mol. The van der Waals surface area contributed by atoms with Gasteiger partial charge in [-0.05, 0) is 61.9 Å². The van der Waals surface area contributed by atoms with Crippen molar-refractivity contribution in [2.45, 2.75) is 51.1 Å². The second-order valence-electron chi connectivity index (χ2n) is 9.51. The molecule has 3 aliphatic rings. The summed E-state index contributed by atoms with van der Waals surface area (Å²) >= 11 is 0. The highest BCUT2D eigenvalue weighted by Gasteiger charge is 2.28. The molecule has 3 heterocycles. The van der Waals surface area contributed by atoms with Crippen LogP contribution in [-0.2, 0) is 9.53 Å². The third-order valence-electron chi connectivity index (χ3n) is 7.22. The molecule has 0 aliphatic carbocycles. The summed E-state index contributed by atoms with van der Waals surface area (Å²) in [5.41, 5.74) is 5.33. The smallest absolute Gasteiger partial charge is 0.247 e. The maximum Gasteiger partial charge on any atom is 0.247 e. The van der Waals surface area contributed by atoms with Crippen molar-refractivity contribution >= 4 is 12.0 Å². The predicted octanol–water partition coefficient (Wildman–Crippen LogP) is 4.59. The van der Waals surface area contributed by atoms with Gasteiger partial charge in [-0.15, -0.1) is 0 Å². The van der Waals surface area contributed by atoms with E-state index in [9.17, 15) is 4.79 Å². The van der Waals surface area contributed by atoms with Gasteiger partial charge in [0.25, 0.3) is 0 Å². The van der Waals surface area contributed by atoms with Crippen molar-refractivity contribution < 1.29 is 14.3 Å². The number of carbonyl (C=O) groups excluding carboxylic acids is 1. The Morgan fingerprint density at radius 3 is 2.42 bits per heavy atom. The van der Waals surface area contributed by atoms with Crippen LogP contribution in [0, 0.1) is 6.92 Å². The van der Waals surface area contributed by atoms with Gasteiger partial charge in [-0.25, -0.2) is 0 Å². The minimum atomic E-state index is 0.0525. The Morgan fingerprint density at radius 2 is 1.67 bits per heavy atom. The molecule has 0 aromatic heterocycles. The molecule has 2 saturated heterocycles. The minimum absolute atomic E-state index is 0.0525. The van der Waals surface area contributed by atoms with E-state index >= 15 is 0 Å². The molecule has 2 aromatic carbocycles. The number of fused-ring (bicyclic) bond motifs is 1. The zero-order chi connectivity index (χ0) is 22.6. The molecule has 5 nitrogen and oxygen atoms in total. The van der Waals surface area contributed by atoms with Gasteiger partial charge in [0.15, 0.2) is 0 Å². The fraction of sp³-hybridized carbons (Fsp3) is 0.464. The van der Waals surface area contributed by atoms with E-state index in [1.54, 1.807) is 0 Å². The summed E-state index contributed by atoms with van der Waals surface area (Å²) in [6, 6.07) is 15.7. The number of benzene rings is 2. The maximum absolute atomic E-state index is 13.1. The van der Waals surface area contributed by atoms with Crippen LogP contribution in [0.15, 0.2) is 48.0 Å². The second-order valence-corrected chi connectivity index (χ2v) is 9.51. The molecule has 5 heteroatoms. The summed E-state index contributed by atoms with van der Waals surface area (Å²) in [4.78, 5) is 15.7. The Kier molecular flexibility index (Phi) is 6.79. The Bertz CT molecular complexity index is 1000. The third-order valence-corrected chi connectivity index (χ3v) is 7.22. The van der Waals surface area contributed by atoms with Gasteiger partial charge in [0.1, 0.15) is 5.75 Å². The van der Waals surface area contributed by atoms with Crippen molar-refractivity contribution in [3.63, 3.8) is 0 Å². The molecular formula is C28H34N2O3. The molecule has 2 aromatic rings. The van der Waals surface area contributed by atoms with Crippen LogP contribution < -0.4 is 10.1 Å². The Balaban J connectivity index is 1.24. The number of piperidine rings is 1. The molecule has 0 atom stereocenters. The number of carbonyl (C=O) groups is 1. The van der Waals surface area contributed by atoms with Crippen LogP contribution in [0.25, 0.3) is 17.2 Å². The number of amides is 1. The number of nitrogens with zero attached hydrogens (tertiary/aromatic N) is 1. The van der Waals surface area contributed by atoms with Gasteiger partial charge in [0.05, 0.1) is 6.61 Å². The molecule has 33 heavy (non-hydrogen) atoms. The minimum Gasteiger partial charge on any atom is -0.493 e. The number of rotatable bonds is 4. The molecule has 3 aliphatic heterocycles. The average Bonchev–Trinajstić information content (AvgIpc) is 3.08. The molecule has 0 radical (unpaired) electrons. The van der Waals surface area contributed by atoms with Crippen molar-refractivity contribution in [2.75, 3.05) is 32.9 Å². The summed E-state index contributed by atoms with van der Waals surface area (Å²) in [6.07, 6.45) is 6.94. The highest BCUT2D eigenvalue weighted by atomic mass is 16.5. The van der Waals surface area contributed by atoms with E-state index in [2.05, 4.69) is 53.5 Å². The molecule has 1 N–H and O–H groups in total. The lowest BCUT2D eigenvalue weighted by Crippen LogP contribution is -2.49. The van der Waals surface area contributed by atoms with Crippen LogP contribution >= 0.6 is 0 Å². The first kappa shape index (κ1) is 22.2. The number of hydrogen-bond acceptors (Lipinski definition) is 4. The number of ether oxygens (including phenoxy) is 2. The second kappa shape index (κ2) is 10.1. The van der Waals surface area contributed by atoms with E-state index in [4.69, 9.17) is 9.47 Å². The standard InChI is InChI=1S/C28H34N2O3/c1-20-2-4-21(5-3-20)22-6-7-27-24(18-22)19-23(10-17-33-27)28(31)29-25-8-13-30(14-9-25)26-11-15-32-16-12-26/h2-7,18-19,25-26H,8-17H2,1H3,(H,29,31). The van der Waals surface area contributed by atoms with Crippen LogP contribution in [0.2, 0.25) is 0 Å². The Morgan fingerprint density at radius 1 is 0.939 bits per heavy atom. The van der Waals surface area contributed by atoms with Gasteiger partial charge in [0.2, 0.25) is 5.91 Å². The van der Waals surface area contributed by atoms with Crippen LogP contribution in [0.4, 0.5) is 0 Å². The first-order chi connectivity index (χ1) is 16.2. The topological polar surface area (TPSA) is 50.8 Å². The number of nitrogens with one attached hydrogen (secondary N) is 1. The van der Waals surface area contributed by atoms with Crippen molar-refractivity contribution in [1.29, 1.82) is 0 Å². The van der Waals surface area contributed by atoms with Gasteiger partial charge >= 0.3 is 0 Å². The molecule has 0 bridgehead atoms. The fourth-order valence-corrected chi connectivity index (χ4v) is 5.17. The maximum atomic E-state index is 13.1. The summed E-state index contributed by atoms with van der Waals surface area (Å²) in [5.74, 6) is 0.898. The van der Waals surface area contributed by atoms with E-state index in [1.807, 2.05) is 12.1 Å². The lowest BCUT2D eigenvalue weighted by atomic mass is 9.98. The van der Waals surface area contributed by atoms with Crippen molar-refractivity contribution in [3.05, 3.63) is 59.2 Å². The van der Waals surface area contributed by atoms with E-state index in [-0.39, 0.29) is 11.9 Å². The van der Waals surface area contributed by atoms with Crippen LogP contribution in [-0.4, -0.2) is 55.8 Å². The molecule has 174 valence electrons. The highest BCUT2D eigenvalue weighted by Crippen LogP contribution is 2.31. The zero-order valence-corrected chi connectivity index (χ0v) is 19.5. The monoisotopic (exact) mass is 446 g/mol. The van der Waals surface area contributed by atoms with Crippen LogP contribution in [0.1, 0.15) is 43.2 Å². The lowest BCUT2D eigenvalue weighted by molar-refractivity contribution is -0.118. The van der Waals surface area contributed by atoms with Gasteiger partial charge in [-0.3, -0.25) is 4.79 Å². The summed E-state index contributed by atoms with van der Waals surface area (Å²) in [7, 11) is 0. The van der Waals surface area contributed by atoms with Crippen molar-refractivity contribution in [3.8, 4) is 16.9 Å². The normalized spacial score (nSPS) is 20.3. The summed E-state index contributed by atoms with van der Waals surface area (Å²) < 4.78 is 11.5. The molecule has 5 rings (SSSR count). The van der Waals surface area contributed by atoms with Gasteiger partial charge in [-0.2, -0.15) is 0 Å². The number of aryl methyl sites for hydroxylation is 1. The first-order valence-corrected chi connectivity index (χ1v) is 12.3.